The van der Waals surface area contributed by atoms with E-state index >= 15 is 0 Å². The van der Waals surface area contributed by atoms with Gasteiger partial charge in [-0.3, -0.25) is 4.98 Å². The molecule has 4 rings (SSSR count). The maximum absolute atomic E-state index is 6.04. The molecular formula is C15H17N3O. The van der Waals surface area contributed by atoms with Gasteiger partial charge in [0.15, 0.2) is 0 Å². The first-order valence-electron chi connectivity index (χ1n) is 6.85. The van der Waals surface area contributed by atoms with Gasteiger partial charge in [-0.1, -0.05) is 0 Å². The summed E-state index contributed by atoms with van der Waals surface area (Å²) in [5, 5.41) is 1.04. The lowest BCUT2D eigenvalue weighted by molar-refractivity contribution is 0.0306. The van der Waals surface area contributed by atoms with Crippen LogP contribution in [-0.2, 0) is 4.74 Å². The molecule has 0 amide bonds. The van der Waals surface area contributed by atoms with Gasteiger partial charge in [0.2, 0.25) is 0 Å². The largest absolute Gasteiger partial charge is 0.398 e. The Kier molecular flexibility index (Phi) is 2.38. The number of hydrogen-bond acceptors (Lipinski definition) is 4. The molecule has 2 bridgehead atoms. The first kappa shape index (κ1) is 11.1. The lowest BCUT2D eigenvalue weighted by Crippen LogP contribution is -2.42. The summed E-state index contributed by atoms with van der Waals surface area (Å²) in [7, 11) is 0. The van der Waals surface area contributed by atoms with Crippen LogP contribution in [0.1, 0.15) is 12.8 Å². The van der Waals surface area contributed by atoms with E-state index in [9.17, 15) is 0 Å². The summed E-state index contributed by atoms with van der Waals surface area (Å²) in [5.74, 6) is 0. The van der Waals surface area contributed by atoms with Gasteiger partial charge in [0, 0.05) is 30.4 Å². The fourth-order valence-corrected chi connectivity index (χ4v) is 3.25. The van der Waals surface area contributed by atoms with Crippen molar-refractivity contribution in [1.29, 1.82) is 0 Å². The zero-order chi connectivity index (χ0) is 12.8. The topological polar surface area (TPSA) is 51.4 Å². The average Bonchev–Trinajstić information content (AvgIpc) is 2.78. The molecule has 2 aliphatic rings. The van der Waals surface area contributed by atoms with Crippen molar-refractivity contribution in [2.45, 2.75) is 25.0 Å². The maximum Gasteiger partial charge on any atom is 0.0955 e. The minimum absolute atomic E-state index is 0.384. The lowest BCUT2D eigenvalue weighted by Gasteiger charge is -2.34. The number of benzene rings is 1. The summed E-state index contributed by atoms with van der Waals surface area (Å²) in [6, 6.07) is 8.05. The Hall–Kier alpha value is -1.81. The minimum Gasteiger partial charge on any atom is -0.398 e. The molecule has 1 aromatic heterocycles. The Labute approximate surface area is 112 Å². The van der Waals surface area contributed by atoms with Crippen molar-refractivity contribution in [2.24, 2.45) is 0 Å². The summed E-state index contributed by atoms with van der Waals surface area (Å²) in [6.45, 7) is 1.93. The van der Waals surface area contributed by atoms with Crippen molar-refractivity contribution >= 4 is 22.3 Å². The molecule has 2 aromatic rings. The highest BCUT2D eigenvalue weighted by Crippen LogP contribution is 2.34. The number of aromatic nitrogens is 1. The Morgan fingerprint density at radius 2 is 1.95 bits per heavy atom. The van der Waals surface area contributed by atoms with Crippen LogP contribution in [0.25, 0.3) is 10.9 Å². The molecule has 1 aromatic carbocycles. The number of ether oxygens (including phenoxy) is 1. The van der Waals surface area contributed by atoms with Crippen LogP contribution in [0.3, 0.4) is 0 Å². The normalized spacial score (nSPS) is 26.0. The molecule has 2 aliphatic heterocycles. The summed E-state index contributed by atoms with van der Waals surface area (Å²) < 4.78 is 5.90. The van der Waals surface area contributed by atoms with Crippen LogP contribution in [0.2, 0.25) is 0 Å². The van der Waals surface area contributed by atoms with Crippen molar-refractivity contribution in [1.82, 2.24) is 4.98 Å². The second-order valence-corrected chi connectivity index (χ2v) is 5.44. The van der Waals surface area contributed by atoms with Gasteiger partial charge in [-0.05, 0) is 37.1 Å². The molecule has 2 N–H and O–H groups in total. The number of nitrogens with zero attached hydrogens (tertiary/aromatic N) is 2. The van der Waals surface area contributed by atoms with Gasteiger partial charge in [0.1, 0.15) is 0 Å². The number of pyridine rings is 1. The highest BCUT2D eigenvalue weighted by Gasteiger charge is 2.34. The second kappa shape index (κ2) is 4.10. The van der Waals surface area contributed by atoms with Crippen LogP contribution >= 0.6 is 0 Å². The molecular weight excluding hydrogens is 238 g/mol. The smallest absolute Gasteiger partial charge is 0.0955 e. The van der Waals surface area contributed by atoms with E-state index in [0.717, 1.165) is 29.7 Å². The molecule has 0 aliphatic carbocycles. The van der Waals surface area contributed by atoms with Gasteiger partial charge >= 0.3 is 0 Å². The van der Waals surface area contributed by atoms with Crippen LogP contribution in [-0.4, -0.2) is 30.3 Å². The standard InChI is InChI=1S/C15H17N3O/c16-13-5-6-14(15-12(13)2-1-7-17-15)18-8-10-3-4-11(9-18)19-10/h1-2,5-7,10-11H,3-4,8-9,16H2. The highest BCUT2D eigenvalue weighted by atomic mass is 16.5. The molecule has 0 spiro atoms. The molecule has 0 radical (unpaired) electrons. The zero-order valence-corrected chi connectivity index (χ0v) is 10.7. The molecule has 19 heavy (non-hydrogen) atoms. The maximum atomic E-state index is 6.04. The number of rotatable bonds is 1. The van der Waals surface area contributed by atoms with Crippen LogP contribution in [0.5, 0.6) is 0 Å². The van der Waals surface area contributed by atoms with Crippen molar-refractivity contribution in [2.75, 3.05) is 23.7 Å². The van der Waals surface area contributed by atoms with Gasteiger partial charge in [-0.25, -0.2) is 0 Å². The van der Waals surface area contributed by atoms with Crippen molar-refractivity contribution in [3.63, 3.8) is 0 Å². The van der Waals surface area contributed by atoms with E-state index in [4.69, 9.17) is 10.5 Å². The van der Waals surface area contributed by atoms with Gasteiger partial charge in [-0.2, -0.15) is 0 Å². The molecule has 2 saturated heterocycles. The molecule has 2 atom stereocenters. The Balaban J connectivity index is 1.81. The van der Waals surface area contributed by atoms with Crippen LogP contribution in [0, 0.1) is 0 Å². The average molecular weight is 255 g/mol. The van der Waals surface area contributed by atoms with Crippen molar-refractivity contribution in [3.05, 3.63) is 30.5 Å². The Morgan fingerprint density at radius 3 is 2.74 bits per heavy atom. The van der Waals surface area contributed by atoms with E-state index in [2.05, 4.69) is 16.0 Å². The van der Waals surface area contributed by atoms with Crippen LogP contribution in [0.15, 0.2) is 30.5 Å². The monoisotopic (exact) mass is 255 g/mol. The third kappa shape index (κ3) is 1.75. The number of anilines is 2. The Bertz CT molecular complexity index is 616. The zero-order valence-electron chi connectivity index (χ0n) is 10.7. The van der Waals surface area contributed by atoms with E-state index in [1.165, 1.54) is 18.5 Å². The molecule has 3 heterocycles. The van der Waals surface area contributed by atoms with E-state index in [0.29, 0.717) is 12.2 Å². The summed E-state index contributed by atoms with van der Waals surface area (Å²) in [4.78, 5) is 6.93. The highest BCUT2D eigenvalue weighted by molar-refractivity contribution is 5.98. The van der Waals surface area contributed by atoms with E-state index < -0.39 is 0 Å². The Morgan fingerprint density at radius 1 is 1.16 bits per heavy atom. The molecule has 2 unspecified atom stereocenters. The number of nitrogen functional groups attached to an aromatic ring is 1. The molecule has 0 saturated carbocycles. The fourth-order valence-electron chi connectivity index (χ4n) is 3.25. The lowest BCUT2D eigenvalue weighted by atomic mass is 10.1. The first-order valence-corrected chi connectivity index (χ1v) is 6.85. The summed E-state index contributed by atoms with van der Waals surface area (Å²) in [6.07, 6.45) is 4.97. The van der Waals surface area contributed by atoms with Crippen molar-refractivity contribution in [3.8, 4) is 0 Å². The minimum atomic E-state index is 0.384. The number of fused-ring (bicyclic) bond motifs is 3. The van der Waals surface area contributed by atoms with E-state index in [1.54, 1.807) is 0 Å². The van der Waals surface area contributed by atoms with Gasteiger partial charge < -0.3 is 15.4 Å². The summed E-state index contributed by atoms with van der Waals surface area (Å²) >= 11 is 0. The van der Waals surface area contributed by atoms with Crippen molar-refractivity contribution < 1.29 is 4.74 Å². The first-order chi connectivity index (χ1) is 9.31. The van der Waals surface area contributed by atoms with Gasteiger partial charge in [0.25, 0.3) is 0 Å². The van der Waals surface area contributed by atoms with E-state index in [-0.39, 0.29) is 0 Å². The predicted octanol–water partition coefficient (Wildman–Crippen LogP) is 2.18. The number of nitrogens with two attached hydrogens (primary N) is 1. The second-order valence-electron chi connectivity index (χ2n) is 5.44. The van der Waals surface area contributed by atoms with E-state index in [1.807, 2.05) is 24.4 Å². The molecule has 2 fully saturated rings. The third-order valence-electron chi connectivity index (χ3n) is 4.17. The third-order valence-corrected chi connectivity index (χ3v) is 4.17. The quantitative estimate of drug-likeness (QED) is 0.794. The summed E-state index contributed by atoms with van der Waals surface area (Å²) in [5.41, 5.74) is 9.02. The SMILES string of the molecule is Nc1ccc(N2CC3CCC(C2)O3)c2ncccc12. The number of hydrogen-bond donors (Lipinski definition) is 1. The van der Waals surface area contributed by atoms with Gasteiger partial charge in [0.05, 0.1) is 23.4 Å². The number of morpholine rings is 1. The predicted molar refractivity (Wildman–Crippen MR) is 76.3 cm³/mol. The van der Waals surface area contributed by atoms with Crippen LogP contribution < -0.4 is 10.6 Å². The van der Waals surface area contributed by atoms with Gasteiger partial charge in [-0.15, -0.1) is 0 Å². The fraction of sp³-hybridized carbons (Fsp3) is 0.400. The molecule has 4 heteroatoms. The van der Waals surface area contributed by atoms with Crippen LogP contribution in [0.4, 0.5) is 11.4 Å². The molecule has 98 valence electrons. The molecule has 4 nitrogen and oxygen atoms in total.